The van der Waals surface area contributed by atoms with Crippen molar-refractivity contribution < 1.29 is 18.9 Å². The van der Waals surface area contributed by atoms with E-state index < -0.39 is 6.23 Å². The van der Waals surface area contributed by atoms with E-state index in [1.807, 2.05) is 25.3 Å². The number of aromatic nitrogens is 4. The summed E-state index contributed by atoms with van der Waals surface area (Å²) in [5, 5.41) is 0. The van der Waals surface area contributed by atoms with Gasteiger partial charge in [-0.25, -0.2) is 15.0 Å². The van der Waals surface area contributed by atoms with Crippen molar-refractivity contribution in [2.45, 2.75) is 45.3 Å². The fourth-order valence-corrected chi connectivity index (χ4v) is 3.12. The van der Waals surface area contributed by atoms with Gasteiger partial charge in [0.2, 0.25) is 0 Å². The van der Waals surface area contributed by atoms with Gasteiger partial charge in [0, 0.05) is 19.8 Å². The van der Waals surface area contributed by atoms with Crippen molar-refractivity contribution in [1.29, 1.82) is 0 Å². The Morgan fingerprint density at radius 3 is 2.56 bits per heavy atom. The zero-order valence-corrected chi connectivity index (χ0v) is 14.8. The first-order valence-corrected chi connectivity index (χ1v) is 8.60. The molecule has 3 rings (SSSR count). The second-order valence-electron chi connectivity index (χ2n) is 5.65. The molecule has 2 aromatic heterocycles. The quantitative estimate of drug-likeness (QED) is 0.755. The van der Waals surface area contributed by atoms with E-state index in [2.05, 4.69) is 15.0 Å². The van der Waals surface area contributed by atoms with E-state index in [4.69, 9.17) is 24.7 Å². The standard InChI is InChI=1S/C16H25N5O4/c1-4-22-7-10-12(23-5-2)13(24-6-3)16(25-10)21-9-20-11-14(17)18-8-19-15(11)21/h8-10,12-13,16H,4-7H2,1-3H3,(H2,17,18,19)/t10-,12+,13-,16-/m1/s1. The van der Waals surface area contributed by atoms with E-state index >= 15 is 0 Å². The van der Waals surface area contributed by atoms with Crippen LogP contribution in [0, 0.1) is 0 Å². The normalized spacial score (nSPS) is 26.5. The summed E-state index contributed by atoms with van der Waals surface area (Å²) in [4.78, 5) is 12.6. The minimum Gasteiger partial charge on any atom is -0.382 e. The van der Waals surface area contributed by atoms with Crippen LogP contribution in [0.25, 0.3) is 11.2 Å². The molecule has 1 fully saturated rings. The monoisotopic (exact) mass is 351 g/mol. The lowest BCUT2D eigenvalue weighted by Crippen LogP contribution is -2.38. The molecule has 138 valence electrons. The molecule has 1 saturated heterocycles. The van der Waals surface area contributed by atoms with Gasteiger partial charge in [-0.1, -0.05) is 0 Å². The second kappa shape index (κ2) is 8.05. The lowest BCUT2D eigenvalue weighted by atomic mass is 10.1. The van der Waals surface area contributed by atoms with Crippen molar-refractivity contribution in [3.8, 4) is 0 Å². The van der Waals surface area contributed by atoms with Crippen molar-refractivity contribution in [3.63, 3.8) is 0 Å². The Bertz CT molecular complexity index is 694. The predicted molar refractivity (Wildman–Crippen MR) is 91.0 cm³/mol. The molecule has 0 unspecified atom stereocenters. The SMILES string of the molecule is CCOC[C@H]1O[C@@H](n2cnc3c(N)ncnc32)[C@H](OCC)[C@H]1OCC. The molecule has 2 N–H and O–H groups in total. The summed E-state index contributed by atoms with van der Waals surface area (Å²) in [6, 6.07) is 0. The number of hydrogen-bond acceptors (Lipinski definition) is 8. The molecular formula is C16H25N5O4. The van der Waals surface area contributed by atoms with E-state index in [1.54, 1.807) is 6.33 Å². The molecule has 0 amide bonds. The molecule has 0 aliphatic carbocycles. The molecule has 2 aromatic rings. The number of ether oxygens (including phenoxy) is 4. The molecule has 25 heavy (non-hydrogen) atoms. The summed E-state index contributed by atoms with van der Waals surface area (Å²) in [6.07, 6.45) is 1.86. The van der Waals surface area contributed by atoms with Crippen molar-refractivity contribution in [2.24, 2.45) is 0 Å². The van der Waals surface area contributed by atoms with Crippen LogP contribution in [-0.4, -0.2) is 64.3 Å². The number of nitrogen functional groups attached to an aromatic ring is 1. The van der Waals surface area contributed by atoms with Gasteiger partial charge in [0.15, 0.2) is 17.7 Å². The topological polar surface area (TPSA) is 107 Å². The van der Waals surface area contributed by atoms with Crippen LogP contribution < -0.4 is 5.73 Å². The lowest BCUT2D eigenvalue weighted by molar-refractivity contribution is -0.0732. The third-order valence-corrected chi connectivity index (χ3v) is 4.15. The smallest absolute Gasteiger partial charge is 0.167 e. The van der Waals surface area contributed by atoms with Gasteiger partial charge in [-0.15, -0.1) is 0 Å². The van der Waals surface area contributed by atoms with Gasteiger partial charge >= 0.3 is 0 Å². The largest absolute Gasteiger partial charge is 0.382 e. The highest BCUT2D eigenvalue weighted by Gasteiger charge is 2.47. The van der Waals surface area contributed by atoms with E-state index in [-0.39, 0.29) is 18.3 Å². The van der Waals surface area contributed by atoms with Gasteiger partial charge in [0.05, 0.1) is 12.9 Å². The number of anilines is 1. The lowest BCUT2D eigenvalue weighted by Gasteiger charge is -2.24. The van der Waals surface area contributed by atoms with Gasteiger partial charge in [0.25, 0.3) is 0 Å². The fraction of sp³-hybridized carbons (Fsp3) is 0.688. The summed E-state index contributed by atoms with van der Waals surface area (Å²) in [5.41, 5.74) is 7.04. The minimum atomic E-state index is -0.429. The van der Waals surface area contributed by atoms with Crippen LogP contribution in [0.3, 0.4) is 0 Å². The Hall–Kier alpha value is -1.81. The molecule has 0 radical (unpaired) electrons. The molecule has 0 aromatic carbocycles. The van der Waals surface area contributed by atoms with Gasteiger partial charge in [-0.2, -0.15) is 0 Å². The van der Waals surface area contributed by atoms with Crippen molar-refractivity contribution in [3.05, 3.63) is 12.7 Å². The van der Waals surface area contributed by atoms with Gasteiger partial charge in [0.1, 0.15) is 30.2 Å². The molecule has 9 nitrogen and oxygen atoms in total. The van der Waals surface area contributed by atoms with Crippen LogP contribution in [-0.2, 0) is 18.9 Å². The molecule has 1 aliphatic heterocycles. The third kappa shape index (κ3) is 3.45. The van der Waals surface area contributed by atoms with Crippen molar-refractivity contribution in [1.82, 2.24) is 19.5 Å². The highest BCUT2D eigenvalue weighted by molar-refractivity contribution is 5.81. The minimum absolute atomic E-state index is 0.238. The predicted octanol–water partition coefficient (Wildman–Crippen LogP) is 1.15. The number of nitrogens with zero attached hydrogens (tertiary/aromatic N) is 4. The Kier molecular flexibility index (Phi) is 5.79. The van der Waals surface area contributed by atoms with E-state index in [0.29, 0.717) is 43.4 Å². The first-order chi connectivity index (χ1) is 12.2. The average Bonchev–Trinajstić information content (AvgIpc) is 3.17. The second-order valence-corrected chi connectivity index (χ2v) is 5.65. The number of rotatable bonds is 8. The van der Waals surface area contributed by atoms with Gasteiger partial charge in [-0.3, -0.25) is 4.57 Å². The fourth-order valence-electron chi connectivity index (χ4n) is 3.12. The number of hydrogen-bond donors (Lipinski definition) is 1. The van der Waals surface area contributed by atoms with Crippen LogP contribution >= 0.6 is 0 Å². The third-order valence-electron chi connectivity index (χ3n) is 4.15. The van der Waals surface area contributed by atoms with Crippen LogP contribution in [0.2, 0.25) is 0 Å². The Labute approximate surface area is 146 Å². The highest BCUT2D eigenvalue weighted by Crippen LogP contribution is 2.35. The van der Waals surface area contributed by atoms with Crippen LogP contribution in [0.5, 0.6) is 0 Å². The zero-order valence-electron chi connectivity index (χ0n) is 14.8. The molecule has 3 heterocycles. The molecular weight excluding hydrogens is 326 g/mol. The number of fused-ring (bicyclic) bond motifs is 1. The maximum absolute atomic E-state index is 6.23. The molecule has 9 heteroatoms. The van der Waals surface area contributed by atoms with E-state index in [9.17, 15) is 0 Å². The average molecular weight is 351 g/mol. The summed E-state index contributed by atoms with van der Waals surface area (Å²) in [5.74, 6) is 0.335. The zero-order chi connectivity index (χ0) is 17.8. The Balaban J connectivity index is 1.95. The summed E-state index contributed by atoms with van der Waals surface area (Å²) >= 11 is 0. The molecule has 4 atom stereocenters. The van der Waals surface area contributed by atoms with E-state index in [1.165, 1.54) is 6.33 Å². The first kappa shape index (κ1) is 18.0. The molecule has 1 aliphatic rings. The maximum Gasteiger partial charge on any atom is 0.167 e. The van der Waals surface area contributed by atoms with E-state index in [0.717, 1.165) is 0 Å². The van der Waals surface area contributed by atoms with Crippen LogP contribution in [0.1, 0.15) is 27.0 Å². The molecule has 0 bridgehead atoms. The summed E-state index contributed by atoms with van der Waals surface area (Å²) in [6.45, 7) is 8.00. The molecule has 0 saturated carbocycles. The molecule has 0 spiro atoms. The highest BCUT2D eigenvalue weighted by atomic mass is 16.6. The van der Waals surface area contributed by atoms with Gasteiger partial charge < -0.3 is 24.7 Å². The van der Waals surface area contributed by atoms with Crippen molar-refractivity contribution >= 4 is 17.0 Å². The number of imidazole rings is 1. The Morgan fingerprint density at radius 2 is 1.84 bits per heavy atom. The summed E-state index contributed by atoms with van der Waals surface area (Å²) in [7, 11) is 0. The van der Waals surface area contributed by atoms with Crippen molar-refractivity contribution in [2.75, 3.05) is 32.2 Å². The maximum atomic E-state index is 6.23. The van der Waals surface area contributed by atoms with Crippen LogP contribution in [0.4, 0.5) is 5.82 Å². The Morgan fingerprint density at radius 1 is 1.08 bits per heavy atom. The van der Waals surface area contributed by atoms with Crippen LogP contribution in [0.15, 0.2) is 12.7 Å². The number of nitrogens with two attached hydrogens (primary N) is 1. The summed E-state index contributed by atoms with van der Waals surface area (Å²) < 4.78 is 25.5. The first-order valence-electron chi connectivity index (χ1n) is 8.60. The van der Waals surface area contributed by atoms with Gasteiger partial charge in [-0.05, 0) is 20.8 Å².